The zero-order valence-corrected chi connectivity index (χ0v) is 11.5. The Hall–Kier alpha value is -1.33. The summed E-state index contributed by atoms with van der Waals surface area (Å²) in [5.41, 5.74) is -0.184. The van der Waals surface area contributed by atoms with Crippen LogP contribution in [0.5, 0.6) is 0 Å². The Morgan fingerprint density at radius 1 is 1.53 bits per heavy atom. The third-order valence-corrected chi connectivity index (χ3v) is 3.85. The van der Waals surface area contributed by atoms with Crippen molar-refractivity contribution in [3.05, 3.63) is 38.9 Å². The van der Waals surface area contributed by atoms with Gasteiger partial charge >= 0.3 is 0 Å². The van der Waals surface area contributed by atoms with Gasteiger partial charge in [-0.15, -0.1) is 11.6 Å². The van der Waals surface area contributed by atoms with E-state index in [9.17, 15) is 14.9 Å². The molecule has 0 saturated carbocycles. The molecule has 0 aromatic heterocycles. The molecule has 1 fully saturated rings. The SMILES string of the molecule is O=C(c1cc(Cl)ccc1[N+](=O)[O-])N1CCC(CCl)C1. The molecular weight excluding hydrogens is 291 g/mol. The highest BCUT2D eigenvalue weighted by Crippen LogP contribution is 2.26. The number of likely N-dealkylation sites (tertiary alicyclic amines) is 1. The smallest absolute Gasteiger partial charge is 0.282 e. The number of nitrogens with zero attached hydrogens (tertiary/aromatic N) is 2. The minimum atomic E-state index is -0.571. The molecule has 0 aliphatic carbocycles. The van der Waals surface area contributed by atoms with Gasteiger partial charge in [0.1, 0.15) is 5.56 Å². The third-order valence-electron chi connectivity index (χ3n) is 3.18. The van der Waals surface area contributed by atoms with Crippen molar-refractivity contribution in [2.75, 3.05) is 19.0 Å². The van der Waals surface area contributed by atoms with Gasteiger partial charge in [-0.3, -0.25) is 14.9 Å². The van der Waals surface area contributed by atoms with Crippen LogP contribution in [0.25, 0.3) is 0 Å². The van der Waals surface area contributed by atoms with Crippen LogP contribution in [-0.2, 0) is 0 Å². The Bertz CT molecular complexity index is 522. The zero-order valence-electron chi connectivity index (χ0n) is 10.0. The average Bonchev–Trinajstić information content (AvgIpc) is 2.86. The topological polar surface area (TPSA) is 63.4 Å². The number of rotatable bonds is 3. The number of nitro benzene ring substituents is 1. The molecule has 1 aliphatic rings. The van der Waals surface area contributed by atoms with E-state index in [1.54, 1.807) is 4.90 Å². The molecule has 1 aromatic rings. The van der Waals surface area contributed by atoms with Gasteiger partial charge in [-0.25, -0.2) is 0 Å². The van der Waals surface area contributed by atoms with Crippen molar-refractivity contribution in [1.29, 1.82) is 0 Å². The Balaban J connectivity index is 2.28. The second kappa shape index (κ2) is 5.75. The molecule has 5 nitrogen and oxygen atoms in total. The Morgan fingerprint density at radius 3 is 2.84 bits per heavy atom. The normalized spacial score (nSPS) is 18.6. The maximum atomic E-state index is 12.3. The van der Waals surface area contributed by atoms with E-state index in [1.165, 1.54) is 18.2 Å². The van der Waals surface area contributed by atoms with Gasteiger partial charge < -0.3 is 4.90 Å². The summed E-state index contributed by atoms with van der Waals surface area (Å²) in [6.07, 6.45) is 0.823. The van der Waals surface area contributed by atoms with E-state index in [-0.39, 0.29) is 23.1 Å². The summed E-state index contributed by atoms with van der Waals surface area (Å²) >= 11 is 11.6. The van der Waals surface area contributed by atoms with Crippen LogP contribution in [0.3, 0.4) is 0 Å². The summed E-state index contributed by atoms with van der Waals surface area (Å²) in [6.45, 7) is 1.10. The third kappa shape index (κ3) is 2.98. The summed E-state index contributed by atoms with van der Waals surface area (Å²) in [5, 5.41) is 11.3. The second-order valence-corrected chi connectivity index (χ2v) is 5.22. The van der Waals surface area contributed by atoms with Crippen LogP contribution in [0.2, 0.25) is 5.02 Å². The van der Waals surface area contributed by atoms with Gasteiger partial charge in [0.2, 0.25) is 0 Å². The molecule has 1 unspecified atom stereocenters. The molecule has 1 heterocycles. The van der Waals surface area contributed by atoms with Crippen LogP contribution < -0.4 is 0 Å². The van der Waals surface area contributed by atoms with E-state index in [1.807, 2.05) is 0 Å². The number of amides is 1. The number of benzene rings is 1. The maximum absolute atomic E-state index is 12.3. The van der Waals surface area contributed by atoms with Crippen LogP contribution in [0.4, 0.5) is 5.69 Å². The first kappa shape index (κ1) is 14.1. The predicted molar refractivity (Wildman–Crippen MR) is 72.8 cm³/mol. The molecule has 1 aliphatic heterocycles. The molecule has 0 bridgehead atoms. The highest BCUT2D eigenvalue weighted by atomic mass is 35.5. The molecule has 0 radical (unpaired) electrons. The summed E-state index contributed by atoms with van der Waals surface area (Å²) in [6, 6.07) is 4.00. The van der Waals surface area contributed by atoms with E-state index < -0.39 is 4.92 Å². The monoisotopic (exact) mass is 302 g/mol. The van der Waals surface area contributed by atoms with Crippen LogP contribution in [0.1, 0.15) is 16.8 Å². The molecule has 102 valence electrons. The fourth-order valence-electron chi connectivity index (χ4n) is 2.15. The fourth-order valence-corrected chi connectivity index (χ4v) is 2.58. The minimum absolute atomic E-state index is 0.0349. The van der Waals surface area contributed by atoms with Crippen LogP contribution in [0, 0.1) is 16.0 Å². The van der Waals surface area contributed by atoms with Crippen LogP contribution in [0.15, 0.2) is 18.2 Å². The molecule has 1 saturated heterocycles. The maximum Gasteiger partial charge on any atom is 0.282 e. The number of nitro groups is 1. The molecule has 0 spiro atoms. The van der Waals surface area contributed by atoms with Crippen molar-refractivity contribution in [1.82, 2.24) is 4.90 Å². The Kier molecular flexibility index (Phi) is 4.27. The van der Waals surface area contributed by atoms with Crippen molar-refractivity contribution >= 4 is 34.8 Å². The fraction of sp³-hybridized carbons (Fsp3) is 0.417. The van der Waals surface area contributed by atoms with E-state index in [0.717, 1.165) is 6.42 Å². The molecule has 1 amide bonds. The highest BCUT2D eigenvalue weighted by molar-refractivity contribution is 6.31. The van der Waals surface area contributed by atoms with Gasteiger partial charge in [0.05, 0.1) is 4.92 Å². The van der Waals surface area contributed by atoms with Crippen molar-refractivity contribution < 1.29 is 9.72 Å². The molecule has 19 heavy (non-hydrogen) atoms. The number of carbonyl (C=O) groups excluding carboxylic acids is 1. The summed E-state index contributed by atoms with van der Waals surface area (Å²) in [4.78, 5) is 24.3. The second-order valence-electron chi connectivity index (χ2n) is 4.48. The first-order valence-corrected chi connectivity index (χ1v) is 6.73. The number of hydrogen-bond acceptors (Lipinski definition) is 3. The largest absolute Gasteiger partial charge is 0.338 e. The van der Waals surface area contributed by atoms with Gasteiger partial charge in [0.25, 0.3) is 11.6 Å². The van der Waals surface area contributed by atoms with Gasteiger partial charge in [-0.1, -0.05) is 11.6 Å². The summed E-state index contributed by atoms with van der Waals surface area (Å²) in [5.74, 6) is 0.382. The molecule has 1 aromatic carbocycles. The Morgan fingerprint density at radius 2 is 2.26 bits per heavy atom. The van der Waals surface area contributed by atoms with E-state index >= 15 is 0 Å². The molecule has 7 heteroatoms. The van der Waals surface area contributed by atoms with Crippen molar-refractivity contribution in [2.24, 2.45) is 5.92 Å². The predicted octanol–water partition coefficient (Wildman–Crippen LogP) is 2.95. The molecular formula is C12H12Cl2N2O3. The summed E-state index contributed by atoms with van der Waals surface area (Å²) < 4.78 is 0. The molecule has 2 rings (SSSR count). The first-order valence-electron chi connectivity index (χ1n) is 5.82. The van der Waals surface area contributed by atoms with Crippen molar-refractivity contribution in [3.63, 3.8) is 0 Å². The number of carbonyl (C=O) groups is 1. The first-order chi connectivity index (χ1) is 9.02. The van der Waals surface area contributed by atoms with E-state index in [0.29, 0.717) is 24.0 Å². The Labute approximate surface area is 120 Å². The summed E-state index contributed by atoms with van der Waals surface area (Å²) in [7, 11) is 0. The lowest BCUT2D eigenvalue weighted by Crippen LogP contribution is -2.29. The molecule has 1 atom stereocenters. The number of alkyl halides is 1. The van der Waals surface area contributed by atoms with Gasteiger partial charge in [0, 0.05) is 30.1 Å². The number of halogens is 2. The minimum Gasteiger partial charge on any atom is -0.338 e. The van der Waals surface area contributed by atoms with Gasteiger partial charge in [-0.2, -0.15) is 0 Å². The van der Waals surface area contributed by atoms with Crippen molar-refractivity contribution in [2.45, 2.75) is 6.42 Å². The van der Waals surface area contributed by atoms with Crippen molar-refractivity contribution in [3.8, 4) is 0 Å². The standard InChI is InChI=1S/C12H12Cl2N2O3/c13-6-8-3-4-15(7-8)12(17)10-5-9(14)1-2-11(10)16(18)19/h1-2,5,8H,3-4,6-7H2. The van der Waals surface area contributed by atoms with E-state index in [2.05, 4.69) is 0 Å². The van der Waals surface area contributed by atoms with Gasteiger partial charge in [0.15, 0.2) is 0 Å². The quantitative estimate of drug-likeness (QED) is 0.490. The van der Waals surface area contributed by atoms with Gasteiger partial charge in [-0.05, 0) is 24.5 Å². The average molecular weight is 303 g/mol. The number of hydrogen-bond donors (Lipinski definition) is 0. The van der Waals surface area contributed by atoms with Crippen LogP contribution in [-0.4, -0.2) is 34.7 Å². The zero-order chi connectivity index (χ0) is 14.0. The van der Waals surface area contributed by atoms with E-state index in [4.69, 9.17) is 23.2 Å². The lowest BCUT2D eigenvalue weighted by atomic mass is 10.1. The molecule has 0 N–H and O–H groups in total. The lowest BCUT2D eigenvalue weighted by Gasteiger charge is -2.16. The lowest BCUT2D eigenvalue weighted by molar-refractivity contribution is -0.385. The van der Waals surface area contributed by atoms with Crippen LogP contribution >= 0.6 is 23.2 Å². The highest BCUT2D eigenvalue weighted by Gasteiger charge is 2.30.